The molecule has 0 heterocycles. The van der Waals surface area contributed by atoms with E-state index in [0.717, 1.165) is 6.42 Å². The Kier molecular flexibility index (Phi) is 3.51. The zero-order chi connectivity index (χ0) is 10.6. The molecule has 0 aromatic heterocycles. The van der Waals surface area contributed by atoms with Gasteiger partial charge in [0.2, 0.25) is 5.91 Å². The molecule has 2 N–H and O–H groups in total. The second-order valence-corrected chi connectivity index (χ2v) is 3.25. The average Bonchev–Trinajstić information content (AvgIpc) is 2.13. The highest BCUT2D eigenvalue weighted by Gasteiger charge is 2.05. The summed E-state index contributed by atoms with van der Waals surface area (Å²) >= 11 is 0. The maximum absolute atomic E-state index is 11.3. The van der Waals surface area contributed by atoms with Gasteiger partial charge in [0.25, 0.3) is 0 Å². The highest BCUT2D eigenvalue weighted by Crippen LogP contribution is 2.23. The molecular weight excluding hydrogens is 178 g/mol. The molecule has 3 nitrogen and oxygen atoms in total. The van der Waals surface area contributed by atoms with Crippen molar-refractivity contribution in [3.05, 3.63) is 23.8 Å². The molecule has 1 aromatic rings. The van der Waals surface area contributed by atoms with Crippen LogP contribution in [0.15, 0.2) is 18.2 Å². The van der Waals surface area contributed by atoms with Gasteiger partial charge in [-0.1, -0.05) is 13.0 Å². The van der Waals surface area contributed by atoms with Crippen molar-refractivity contribution in [1.82, 2.24) is 0 Å². The monoisotopic (exact) mass is 193 g/mol. The molecule has 0 fully saturated rings. The number of phenolic OH excluding ortho intramolecular Hbond substituents is 1. The smallest absolute Gasteiger partial charge is 0.224 e. The molecule has 0 aliphatic heterocycles. The van der Waals surface area contributed by atoms with E-state index >= 15 is 0 Å². The minimum absolute atomic E-state index is 0.0128. The predicted molar refractivity (Wildman–Crippen MR) is 56.4 cm³/mol. The van der Waals surface area contributed by atoms with Crippen LogP contribution < -0.4 is 5.32 Å². The van der Waals surface area contributed by atoms with Crippen molar-refractivity contribution < 1.29 is 9.90 Å². The number of carbonyl (C=O) groups excluding carboxylic acids is 1. The third-order valence-electron chi connectivity index (χ3n) is 2.06. The Morgan fingerprint density at radius 1 is 1.50 bits per heavy atom. The molecule has 0 saturated carbocycles. The summed E-state index contributed by atoms with van der Waals surface area (Å²) in [6.07, 6.45) is 1.33. The topological polar surface area (TPSA) is 49.3 Å². The van der Waals surface area contributed by atoms with Gasteiger partial charge in [-0.05, 0) is 25.5 Å². The summed E-state index contributed by atoms with van der Waals surface area (Å²) in [6.45, 7) is 3.73. The van der Waals surface area contributed by atoms with Gasteiger partial charge >= 0.3 is 0 Å². The number of rotatable bonds is 3. The number of hydrogen-bond acceptors (Lipinski definition) is 2. The van der Waals surface area contributed by atoms with Crippen LogP contribution >= 0.6 is 0 Å². The first kappa shape index (κ1) is 10.6. The van der Waals surface area contributed by atoms with Crippen LogP contribution in [0, 0.1) is 6.92 Å². The maximum atomic E-state index is 11.3. The highest BCUT2D eigenvalue weighted by molar-refractivity contribution is 5.91. The van der Waals surface area contributed by atoms with Crippen molar-refractivity contribution in [3.8, 4) is 5.75 Å². The van der Waals surface area contributed by atoms with Gasteiger partial charge in [-0.25, -0.2) is 0 Å². The second-order valence-electron chi connectivity index (χ2n) is 3.25. The zero-order valence-electron chi connectivity index (χ0n) is 8.50. The first-order valence-electron chi connectivity index (χ1n) is 4.73. The maximum Gasteiger partial charge on any atom is 0.224 e. The Morgan fingerprint density at radius 3 is 2.86 bits per heavy atom. The number of phenols is 1. The van der Waals surface area contributed by atoms with Crippen LogP contribution in [0.3, 0.4) is 0 Å². The quantitative estimate of drug-likeness (QED) is 0.774. The number of hydrogen-bond donors (Lipinski definition) is 2. The van der Waals surface area contributed by atoms with Crippen molar-refractivity contribution in [2.45, 2.75) is 26.7 Å². The molecule has 0 aliphatic rings. The normalized spacial score (nSPS) is 9.86. The first-order valence-corrected chi connectivity index (χ1v) is 4.73. The van der Waals surface area contributed by atoms with Gasteiger partial charge in [0.05, 0.1) is 0 Å². The molecule has 0 unspecified atom stereocenters. The Morgan fingerprint density at radius 2 is 2.21 bits per heavy atom. The fourth-order valence-electron chi connectivity index (χ4n) is 1.20. The molecule has 0 saturated heterocycles. The van der Waals surface area contributed by atoms with Crippen LogP contribution in [0.5, 0.6) is 5.75 Å². The molecule has 0 radical (unpaired) electrons. The first-order chi connectivity index (χ1) is 6.65. The Labute approximate surface area is 83.8 Å². The summed E-state index contributed by atoms with van der Waals surface area (Å²) < 4.78 is 0. The molecule has 76 valence electrons. The standard InChI is InChI=1S/C11H15NO2/c1-3-5-11(14)12-9-6-4-7-10(13)8(9)2/h4,6-7,13H,3,5H2,1-2H3,(H,12,14). The number of anilines is 1. The molecule has 3 heteroatoms. The number of carbonyl (C=O) groups is 1. The van der Waals surface area contributed by atoms with Crippen LogP contribution in [-0.2, 0) is 4.79 Å². The van der Waals surface area contributed by atoms with E-state index in [1.807, 2.05) is 6.92 Å². The Balaban J connectivity index is 2.76. The van der Waals surface area contributed by atoms with Gasteiger partial charge in [0.1, 0.15) is 5.75 Å². The minimum Gasteiger partial charge on any atom is -0.508 e. The van der Waals surface area contributed by atoms with Gasteiger partial charge in [0, 0.05) is 17.7 Å². The predicted octanol–water partition coefficient (Wildman–Crippen LogP) is 2.44. The van der Waals surface area contributed by atoms with E-state index in [4.69, 9.17) is 0 Å². The molecule has 1 amide bonds. The van der Waals surface area contributed by atoms with Crippen molar-refractivity contribution in [2.24, 2.45) is 0 Å². The largest absolute Gasteiger partial charge is 0.508 e. The van der Waals surface area contributed by atoms with Gasteiger partial charge in [-0.3, -0.25) is 4.79 Å². The molecule has 0 atom stereocenters. The van der Waals surface area contributed by atoms with Crippen LogP contribution in [0.2, 0.25) is 0 Å². The van der Waals surface area contributed by atoms with Crippen LogP contribution in [0.4, 0.5) is 5.69 Å². The van der Waals surface area contributed by atoms with E-state index in [9.17, 15) is 9.90 Å². The van der Waals surface area contributed by atoms with Crippen molar-refractivity contribution in [2.75, 3.05) is 5.32 Å². The lowest BCUT2D eigenvalue weighted by Crippen LogP contribution is -2.11. The van der Waals surface area contributed by atoms with Crippen LogP contribution in [-0.4, -0.2) is 11.0 Å². The number of amides is 1. The fraction of sp³-hybridized carbons (Fsp3) is 0.364. The lowest BCUT2D eigenvalue weighted by molar-refractivity contribution is -0.116. The van der Waals surface area contributed by atoms with E-state index in [2.05, 4.69) is 5.32 Å². The van der Waals surface area contributed by atoms with Gasteiger partial charge < -0.3 is 10.4 Å². The lowest BCUT2D eigenvalue weighted by Gasteiger charge is -2.08. The molecule has 0 bridgehead atoms. The summed E-state index contributed by atoms with van der Waals surface area (Å²) in [7, 11) is 0. The molecular formula is C11H15NO2. The Bertz CT molecular complexity index is 334. The molecule has 1 rings (SSSR count). The average molecular weight is 193 g/mol. The number of benzene rings is 1. The SMILES string of the molecule is CCCC(=O)Nc1cccc(O)c1C. The van der Waals surface area contributed by atoms with Crippen LogP contribution in [0.25, 0.3) is 0 Å². The highest BCUT2D eigenvalue weighted by atomic mass is 16.3. The third-order valence-corrected chi connectivity index (χ3v) is 2.06. The summed E-state index contributed by atoms with van der Waals surface area (Å²) in [5.41, 5.74) is 1.39. The van der Waals surface area contributed by atoms with Crippen molar-refractivity contribution in [1.29, 1.82) is 0 Å². The summed E-state index contributed by atoms with van der Waals surface area (Å²) in [6, 6.07) is 5.09. The van der Waals surface area contributed by atoms with E-state index < -0.39 is 0 Å². The van der Waals surface area contributed by atoms with E-state index in [1.54, 1.807) is 25.1 Å². The van der Waals surface area contributed by atoms with E-state index in [-0.39, 0.29) is 11.7 Å². The van der Waals surface area contributed by atoms with E-state index in [0.29, 0.717) is 17.7 Å². The van der Waals surface area contributed by atoms with Crippen molar-refractivity contribution in [3.63, 3.8) is 0 Å². The third kappa shape index (κ3) is 2.49. The van der Waals surface area contributed by atoms with Gasteiger partial charge in [-0.2, -0.15) is 0 Å². The number of nitrogens with one attached hydrogen (secondary N) is 1. The molecule has 14 heavy (non-hydrogen) atoms. The molecule has 1 aromatic carbocycles. The summed E-state index contributed by atoms with van der Waals surface area (Å²) in [4.78, 5) is 11.3. The summed E-state index contributed by atoms with van der Waals surface area (Å²) in [5.74, 6) is 0.195. The summed E-state index contributed by atoms with van der Waals surface area (Å²) in [5, 5.41) is 12.1. The molecule has 0 spiro atoms. The number of aromatic hydroxyl groups is 1. The Hall–Kier alpha value is -1.51. The van der Waals surface area contributed by atoms with Crippen LogP contribution in [0.1, 0.15) is 25.3 Å². The molecule has 0 aliphatic carbocycles. The lowest BCUT2D eigenvalue weighted by atomic mass is 10.1. The second kappa shape index (κ2) is 4.65. The van der Waals surface area contributed by atoms with Gasteiger partial charge in [-0.15, -0.1) is 0 Å². The van der Waals surface area contributed by atoms with E-state index in [1.165, 1.54) is 0 Å². The zero-order valence-corrected chi connectivity index (χ0v) is 8.50. The fourth-order valence-corrected chi connectivity index (χ4v) is 1.20. The van der Waals surface area contributed by atoms with Crippen molar-refractivity contribution >= 4 is 11.6 Å². The minimum atomic E-state index is -0.0128. The van der Waals surface area contributed by atoms with Gasteiger partial charge in [0.15, 0.2) is 0 Å².